The van der Waals surface area contributed by atoms with E-state index in [4.69, 9.17) is 18.9 Å². The molecule has 0 aromatic heterocycles. The Labute approximate surface area is 180 Å². The van der Waals surface area contributed by atoms with Crippen LogP contribution in [0, 0.1) is 40.4 Å². The first-order chi connectivity index (χ1) is 14.3. The van der Waals surface area contributed by atoms with E-state index in [1.807, 2.05) is 0 Å². The highest BCUT2D eigenvalue weighted by Crippen LogP contribution is 2.68. The Morgan fingerprint density at radius 1 is 0.800 bits per heavy atom. The minimum Gasteiger partial charge on any atom is -0.348 e. The van der Waals surface area contributed by atoms with Gasteiger partial charge in [0.25, 0.3) is 0 Å². The van der Waals surface area contributed by atoms with Crippen molar-refractivity contribution < 1.29 is 23.7 Å². The normalized spacial score (nSPS) is 51.6. The Hall–Kier alpha value is -0.490. The summed E-state index contributed by atoms with van der Waals surface area (Å²) in [5.74, 6) is 1.86. The number of carbonyl (C=O) groups excluding carboxylic acids is 1. The summed E-state index contributed by atoms with van der Waals surface area (Å²) in [4.78, 5) is 13.9. The average Bonchev–Trinajstić information content (AvgIpc) is 3.41. The lowest BCUT2D eigenvalue weighted by Crippen LogP contribution is -2.60. The largest absolute Gasteiger partial charge is 0.348 e. The highest BCUT2D eigenvalue weighted by atomic mass is 16.7. The molecule has 0 unspecified atom stereocenters. The summed E-state index contributed by atoms with van der Waals surface area (Å²) in [6.07, 6.45) is 8.41. The maximum Gasteiger partial charge on any atom is 0.169 e. The molecular formula is C25H38O5. The number of rotatable bonds is 1. The van der Waals surface area contributed by atoms with Crippen molar-refractivity contribution >= 4 is 5.78 Å². The van der Waals surface area contributed by atoms with E-state index < -0.39 is 5.79 Å². The SMILES string of the molecule is CC1([C@H]2CC[C@@H]3[C@@H]4CC[C@H]5CC6(CC[C@@]5(C)[C@@H]4C(=O)C[C@@]32C)OCCO6)OCCO1. The second-order valence-corrected chi connectivity index (χ2v) is 11.8. The third-order valence-corrected chi connectivity index (χ3v) is 10.7. The lowest BCUT2D eigenvalue weighted by Gasteiger charge is -2.61. The molecule has 4 saturated carbocycles. The fourth-order valence-corrected chi connectivity index (χ4v) is 9.36. The van der Waals surface area contributed by atoms with Crippen LogP contribution < -0.4 is 0 Å². The van der Waals surface area contributed by atoms with Gasteiger partial charge in [-0.05, 0) is 67.6 Å². The Kier molecular flexibility index (Phi) is 4.38. The van der Waals surface area contributed by atoms with Gasteiger partial charge in [0.15, 0.2) is 11.6 Å². The molecule has 6 rings (SSSR count). The van der Waals surface area contributed by atoms with Gasteiger partial charge in [0.2, 0.25) is 0 Å². The van der Waals surface area contributed by atoms with Gasteiger partial charge in [-0.1, -0.05) is 13.8 Å². The van der Waals surface area contributed by atoms with Gasteiger partial charge in [0.1, 0.15) is 5.78 Å². The molecule has 5 nitrogen and oxygen atoms in total. The first-order valence-corrected chi connectivity index (χ1v) is 12.4. The molecule has 0 radical (unpaired) electrons. The summed E-state index contributed by atoms with van der Waals surface area (Å²) in [5.41, 5.74) is 0.109. The van der Waals surface area contributed by atoms with Crippen LogP contribution in [0.3, 0.4) is 0 Å². The van der Waals surface area contributed by atoms with Crippen molar-refractivity contribution in [2.75, 3.05) is 26.4 Å². The van der Waals surface area contributed by atoms with Crippen molar-refractivity contribution in [3.63, 3.8) is 0 Å². The maximum atomic E-state index is 13.9. The Balaban J connectivity index is 1.29. The highest BCUT2D eigenvalue weighted by molar-refractivity contribution is 5.84. The molecule has 6 fully saturated rings. The monoisotopic (exact) mass is 418 g/mol. The average molecular weight is 419 g/mol. The number of hydrogen-bond donors (Lipinski definition) is 0. The molecule has 168 valence electrons. The molecule has 0 aromatic carbocycles. The van der Waals surface area contributed by atoms with Gasteiger partial charge < -0.3 is 18.9 Å². The van der Waals surface area contributed by atoms with Gasteiger partial charge in [-0.3, -0.25) is 4.79 Å². The molecule has 0 amide bonds. The Morgan fingerprint density at radius 2 is 1.50 bits per heavy atom. The van der Waals surface area contributed by atoms with Crippen LogP contribution >= 0.6 is 0 Å². The number of hydrogen-bond acceptors (Lipinski definition) is 5. The molecule has 0 N–H and O–H groups in total. The highest BCUT2D eigenvalue weighted by Gasteiger charge is 2.67. The van der Waals surface area contributed by atoms with Gasteiger partial charge >= 0.3 is 0 Å². The molecule has 30 heavy (non-hydrogen) atoms. The Morgan fingerprint density at radius 3 is 2.23 bits per heavy atom. The second kappa shape index (κ2) is 6.52. The molecule has 0 bridgehead atoms. The van der Waals surface area contributed by atoms with Crippen LogP contribution in [-0.2, 0) is 23.7 Å². The van der Waals surface area contributed by atoms with Crippen LogP contribution in [0.2, 0.25) is 0 Å². The van der Waals surface area contributed by atoms with Crippen molar-refractivity contribution in [3.8, 4) is 0 Å². The molecule has 1 spiro atoms. The first kappa shape index (κ1) is 20.1. The van der Waals surface area contributed by atoms with Gasteiger partial charge in [-0.15, -0.1) is 0 Å². The van der Waals surface area contributed by atoms with Crippen LogP contribution in [0.25, 0.3) is 0 Å². The lowest BCUT2D eigenvalue weighted by molar-refractivity contribution is -0.234. The summed E-state index contributed by atoms with van der Waals surface area (Å²) < 4.78 is 24.4. The summed E-state index contributed by atoms with van der Waals surface area (Å²) in [6, 6.07) is 0. The molecule has 2 aliphatic heterocycles. The van der Waals surface area contributed by atoms with E-state index in [0.717, 1.165) is 38.9 Å². The number of fused-ring (bicyclic) bond motifs is 5. The fraction of sp³-hybridized carbons (Fsp3) is 0.960. The summed E-state index contributed by atoms with van der Waals surface area (Å²) in [6.45, 7) is 9.73. The van der Waals surface area contributed by atoms with Crippen molar-refractivity contribution in [1.29, 1.82) is 0 Å². The van der Waals surface area contributed by atoms with Crippen molar-refractivity contribution in [2.45, 2.75) is 83.7 Å². The van der Waals surface area contributed by atoms with Crippen LogP contribution in [0.1, 0.15) is 72.1 Å². The number of ether oxygens (including phenoxy) is 4. The van der Waals surface area contributed by atoms with Crippen LogP contribution in [0.4, 0.5) is 0 Å². The van der Waals surface area contributed by atoms with Crippen molar-refractivity contribution in [3.05, 3.63) is 0 Å². The maximum absolute atomic E-state index is 13.9. The van der Waals surface area contributed by atoms with E-state index >= 15 is 0 Å². The Bertz CT molecular complexity index is 723. The van der Waals surface area contributed by atoms with Crippen molar-refractivity contribution in [2.24, 2.45) is 40.4 Å². The van der Waals surface area contributed by atoms with Gasteiger partial charge in [0, 0.05) is 31.1 Å². The molecular weight excluding hydrogens is 380 g/mol. The van der Waals surface area contributed by atoms with E-state index in [1.165, 1.54) is 19.3 Å². The van der Waals surface area contributed by atoms with E-state index in [0.29, 0.717) is 49.1 Å². The van der Waals surface area contributed by atoms with Gasteiger partial charge in [-0.2, -0.15) is 0 Å². The molecule has 5 heteroatoms. The van der Waals surface area contributed by atoms with Gasteiger partial charge in [-0.25, -0.2) is 0 Å². The predicted molar refractivity (Wildman–Crippen MR) is 111 cm³/mol. The summed E-state index contributed by atoms with van der Waals surface area (Å²) >= 11 is 0. The van der Waals surface area contributed by atoms with Crippen molar-refractivity contribution in [1.82, 2.24) is 0 Å². The number of ketones is 1. The molecule has 2 heterocycles. The second-order valence-electron chi connectivity index (χ2n) is 11.8. The van der Waals surface area contributed by atoms with E-state index in [9.17, 15) is 4.79 Å². The smallest absolute Gasteiger partial charge is 0.169 e. The van der Waals surface area contributed by atoms with Crippen LogP contribution in [-0.4, -0.2) is 43.8 Å². The molecule has 7 atom stereocenters. The fourth-order valence-electron chi connectivity index (χ4n) is 9.36. The topological polar surface area (TPSA) is 54.0 Å². The summed E-state index contributed by atoms with van der Waals surface area (Å²) in [7, 11) is 0. The zero-order valence-electron chi connectivity index (χ0n) is 18.9. The van der Waals surface area contributed by atoms with Gasteiger partial charge in [0.05, 0.1) is 26.4 Å². The lowest BCUT2D eigenvalue weighted by atomic mass is 9.44. The first-order valence-electron chi connectivity index (χ1n) is 12.4. The molecule has 0 aromatic rings. The van der Waals surface area contributed by atoms with E-state index in [2.05, 4.69) is 20.8 Å². The number of Topliss-reactive ketones (excluding diaryl/α,β-unsaturated/α-hetero) is 1. The van der Waals surface area contributed by atoms with E-state index in [1.54, 1.807) is 0 Å². The zero-order chi connectivity index (χ0) is 20.8. The minimum atomic E-state index is -0.508. The standard InChI is InChI=1S/C25H38O5/c1-22-8-9-25(29-12-13-30-25)14-16(22)4-5-17-18-6-7-20(24(3)27-10-11-28-24)23(18,2)15-19(26)21(17)22/h16-18,20-21H,4-15H2,1-3H3/t16-,17-,18+,20-,21-,22+,23-/m0/s1. The van der Waals surface area contributed by atoms with E-state index in [-0.39, 0.29) is 22.5 Å². The third kappa shape index (κ3) is 2.58. The zero-order valence-corrected chi connectivity index (χ0v) is 18.9. The molecule has 4 aliphatic carbocycles. The third-order valence-electron chi connectivity index (χ3n) is 10.7. The van der Waals surface area contributed by atoms with Crippen LogP contribution in [0.5, 0.6) is 0 Å². The number of carbonyl (C=O) groups is 1. The van der Waals surface area contributed by atoms with Crippen LogP contribution in [0.15, 0.2) is 0 Å². The summed E-state index contributed by atoms with van der Waals surface area (Å²) in [5, 5.41) is 0. The predicted octanol–water partition coefficient (Wildman–Crippen LogP) is 4.33. The quantitative estimate of drug-likeness (QED) is 0.634. The molecule has 2 saturated heterocycles. The minimum absolute atomic E-state index is 0.00804. The molecule has 6 aliphatic rings.